The van der Waals surface area contributed by atoms with E-state index in [4.69, 9.17) is 5.73 Å². The maximum atomic E-state index is 12.4. The van der Waals surface area contributed by atoms with Crippen LogP contribution in [-0.4, -0.2) is 12.7 Å². The maximum Gasteiger partial charge on any atom is 0.112 e. The highest BCUT2D eigenvalue weighted by Crippen LogP contribution is 2.07. The number of nitrogens with two attached hydrogens (primary N) is 1. The molecule has 0 aromatic carbocycles. The Hall–Kier alpha value is -0.110. The monoisotopic (exact) mass is 133 g/mol. The Kier molecular flexibility index (Phi) is 4.68. The quantitative estimate of drug-likeness (QED) is 0.621. The van der Waals surface area contributed by atoms with E-state index >= 15 is 0 Å². The van der Waals surface area contributed by atoms with Crippen LogP contribution in [0.1, 0.15) is 26.7 Å². The summed E-state index contributed by atoms with van der Waals surface area (Å²) in [5.41, 5.74) is 5.08. The Bertz CT molecular complexity index is 63.9. The molecule has 0 bridgehead atoms. The molecule has 1 atom stereocenters. The van der Waals surface area contributed by atoms with E-state index in [1.54, 1.807) is 0 Å². The fraction of sp³-hybridized carbons (Fsp3) is 1.00. The molecular weight excluding hydrogens is 117 g/mol. The number of hydrogen-bond donors (Lipinski definition) is 1. The fourth-order valence-electron chi connectivity index (χ4n) is 0.632. The molecule has 0 rings (SSSR count). The first-order valence-electron chi connectivity index (χ1n) is 3.51. The van der Waals surface area contributed by atoms with E-state index in [9.17, 15) is 4.39 Å². The molecule has 0 spiro atoms. The molecule has 2 N–H and O–H groups in total. The molecule has 0 aliphatic heterocycles. The highest BCUT2D eigenvalue weighted by Gasteiger charge is 2.03. The van der Waals surface area contributed by atoms with E-state index < -0.39 is 6.17 Å². The van der Waals surface area contributed by atoms with Gasteiger partial charge in [0.25, 0.3) is 0 Å². The van der Waals surface area contributed by atoms with Gasteiger partial charge in [-0.15, -0.1) is 0 Å². The summed E-state index contributed by atoms with van der Waals surface area (Å²) in [5, 5.41) is 0. The van der Waals surface area contributed by atoms with Gasteiger partial charge in [-0.3, -0.25) is 0 Å². The molecule has 0 radical (unpaired) electrons. The summed E-state index contributed by atoms with van der Waals surface area (Å²) in [6, 6.07) is 0. The molecule has 0 fully saturated rings. The van der Waals surface area contributed by atoms with Crippen LogP contribution < -0.4 is 5.73 Å². The zero-order valence-corrected chi connectivity index (χ0v) is 6.23. The molecule has 0 aromatic rings. The van der Waals surface area contributed by atoms with Crippen molar-refractivity contribution in [1.29, 1.82) is 0 Å². The largest absolute Gasteiger partial charge is 0.328 e. The predicted molar refractivity (Wildman–Crippen MR) is 38.0 cm³/mol. The van der Waals surface area contributed by atoms with E-state index in [1.165, 1.54) is 0 Å². The van der Waals surface area contributed by atoms with E-state index in [2.05, 4.69) is 13.8 Å². The molecule has 0 saturated carbocycles. The minimum atomic E-state index is -0.785. The SMILES string of the molecule is CC(C)CCC(F)CN. The van der Waals surface area contributed by atoms with Gasteiger partial charge >= 0.3 is 0 Å². The van der Waals surface area contributed by atoms with Crippen molar-refractivity contribution in [3.8, 4) is 0 Å². The topological polar surface area (TPSA) is 26.0 Å². The van der Waals surface area contributed by atoms with Gasteiger partial charge in [-0.05, 0) is 18.8 Å². The molecule has 1 unspecified atom stereocenters. The Labute approximate surface area is 56.4 Å². The molecular formula is C7H16FN. The third-order valence-electron chi connectivity index (χ3n) is 1.31. The first-order chi connectivity index (χ1) is 4.16. The number of hydrogen-bond acceptors (Lipinski definition) is 1. The zero-order chi connectivity index (χ0) is 7.28. The Morgan fingerprint density at radius 3 is 2.22 bits per heavy atom. The van der Waals surface area contributed by atoms with Crippen molar-refractivity contribution in [2.45, 2.75) is 32.9 Å². The van der Waals surface area contributed by atoms with Gasteiger partial charge in [-0.1, -0.05) is 13.8 Å². The second kappa shape index (κ2) is 4.74. The van der Waals surface area contributed by atoms with Crippen LogP contribution in [0, 0.1) is 5.92 Å². The van der Waals surface area contributed by atoms with Crippen LogP contribution in [0.3, 0.4) is 0 Å². The summed E-state index contributed by atoms with van der Waals surface area (Å²) < 4.78 is 12.4. The first-order valence-corrected chi connectivity index (χ1v) is 3.51. The van der Waals surface area contributed by atoms with Crippen LogP contribution in [0.2, 0.25) is 0 Å². The third kappa shape index (κ3) is 5.77. The van der Waals surface area contributed by atoms with Crippen LogP contribution in [0.4, 0.5) is 4.39 Å². The van der Waals surface area contributed by atoms with Gasteiger partial charge in [0.15, 0.2) is 0 Å². The zero-order valence-electron chi connectivity index (χ0n) is 6.23. The lowest BCUT2D eigenvalue weighted by atomic mass is 10.1. The van der Waals surface area contributed by atoms with Gasteiger partial charge in [0.2, 0.25) is 0 Å². The lowest BCUT2D eigenvalue weighted by Gasteiger charge is -2.06. The van der Waals surface area contributed by atoms with Gasteiger partial charge in [-0.25, -0.2) is 4.39 Å². The Morgan fingerprint density at radius 1 is 1.33 bits per heavy atom. The average Bonchev–Trinajstić information content (AvgIpc) is 1.83. The summed E-state index contributed by atoms with van der Waals surface area (Å²) in [6.45, 7) is 4.35. The average molecular weight is 133 g/mol. The number of alkyl halides is 1. The standard InChI is InChI=1S/C7H16FN/c1-6(2)3-4-7(8)5-9/h6-7H,3-5,9H2,1-2H3. The Morgan fingerprint density at radius 2 is 1.89 bits per heavy atom. The third-order valence-corrected chi connectivity index (χ3v) is 1.31. The molecule has 1 nitrogen and oxygen atoms in total. The van der Waals surface area contributed by atoms with Gasteiger partial charge in [0, 0.05) is 6.54 Å². The van der Waals surface area contributed by atoms with Crippen molar-refractivity contribution in [2.75, 3.05) is 6.54 Å². The molecule has 56 valence electrons. The van der Waals surface area contributed by atoms with Crippen LogP contribution in [-0.2, 0) is 0 Å². The Balaban J connectivity index is 3.06. The highest BCUT2D eigenvalue weighted by atomic mass is 19.1. The minimum absolute atomic E-state index is 0.173. The fourth-order valence-corrected chi connectivity index (χ4v) is 0.632. The van der Waals surface area contributed by atoms with E-state index in [-0.39, 0.29) is 6.54 Å². The van der Waals surface area contributed by atoms with Crippen molar-refractivity contribution in [1.82, 2.24) is 0 Å². The van der Waals surface area contributed by atoms with Crippen molar-refractivity contribution in [3.05, 3.63) is 0 Å². The van der Waals surface area contributed by atoms with E-state index in [0.29, 0.717) is 12.3 Å². The summed E-state index contributed by atoms with van der Waals surface area (Å²) >= 11 is 0. The van der Waals surface area contributed by atoms with Gasteiger partial charge in [0.05, 0.1) is 0 Å². The summed E-state index contributed by atoms with van der Waals surface area (Å²) in [4.78, 5) is 0. The van der Waals surface area contributed by atoms with Crippen molar-refractivity contribution < 1.29 is 4.39 Å². The molecule has 0 aliphatic carbocycles. The van der Waals surface area contributed by atoms with Crippen LogP contribution in [0.15, 0.2) is 0 Å². The second-order valence-electron chi connectivity index (χ2n) is 2.80. The molecule has 0 aliphatic rings. The van der Waals surface area contributed by atoms with Gasteiger partial charge < -0.3 is 5.73 Å². The number of rotatable bonds is 4. The highest BCUT2D eigenvalue weighted by molar-refractivity contribution is 4.57. The number of halogens is 1. The van der Waals surface area contributed by atoms with Crippen LogP contribution >= 0.6 is 0 Å². The lowest BCUT2D eigenvalue weighted by molar-refractivity contribution is 0.302. The van der Waals surface area contributed by atoms with E-state index in [0.717, 1.165) is 6.42 Å². The van der Waals surface area contributed by atoms with Crippen LogP contribution in [0.5, 0.6) is 0 Å². The van der Waals surface area contributed by atoms with Crippen molar-refractivity contribution in [2.24, 2.45) is 11.7 Å². The molecule has 0 aromatic heterocycles. The van der Waals surface area contributed by atoms with Gasteiger partial charge in [0.1, 0.15) is 6.17 Å². The van der Waals surface area contributed by atoms with Crippen LogP contribution in [0.25, 0.3) is 0 Å². The molecule has 0 heterocycles. The smallest absolute Gasteiger partial charge is 0.112 e. The first kappa shape index (κ1) is 8.89. The lowest BCUT2D eigenvalue weighted by Crippen LogP contribution is -2.15. The van der Waals surface area contributed by atoms with Crippen molar-refractivity contribution >= 4 is 0 Å². The normalized spacial score (nSPS) is 14.3. The minimum Gasteiger partial charge on any atom is -0.328 e. The molecule has 0 amide bonds. The molecule has 9 heavy (non-hydrogen) atoms. The second-order valence-corrected chi connectivity index (χ2v) is 2.80. The maximum absolute atomic E-state index is 12.4. The summed E-state index contributed by atoms with van der Waals surface area (Å²) in [5.74, 6) is 0.592. The molecule has 2 heteroatoms. The van der Waals surface area contributed by atoms with Crippen molar-refractivity contribution in [3.63, 3.8) is 0 Å². The van der Waals surface area contributed by atoms with E-state index in [1.807, 2.05) is 0 Å². The predicted octanol–water partition coefficient (Wildman–Crippen LogP) is 1.72. The summed E-state index contributed by atoms with van der Waals surface area (Å²) in [7, 11) is 0. The van der Waals surface area contributed by atoms with Gasteiger partial charge in [-0.2, -0.15) is 0 Å². The molecule has 0 saturated heterocycles. The summed E-state index contributed by atoms with van der Waals surface area (Å²) in [6.07, 6.45) is 0.777.